The van der Waals surface area contributed by atoms with E-state index in [2.05, 4.69) is 13.8 Å². The van der Waals surface area contributed by atoms with Gasteiger partial charge < -0.3 is 10.2 Å². The van der Waals surface area contributed by atoms with Crippen LogP contribution in [0.1, 0.15) is 65.2 Å². The fourth-order valence-electron chi connectivity index (χ4n) is 7.13. The van der Waals surface area contributed by atoms with Gasteiger partial charge in [-0.15, -0.1) is 0 Å². The molecule has 4 aliphatic rings. The number of ketones is 1. The Hall–Kier alpha value is -0.410. The number of carbonyl (C=O) groups excluding carboxylic acids is 1. The van der Waals surface area contributed by atoms with Crippen LogP contribution >= 0.6 is 0 Å². The van der Waals surface area contributed by atoms with E-state index in [1.165, 1.54) is 6.42 Å². The Morgan fingerprint density at radius 1 is 1.09 bits per heavy atom. The van der Waals surface area contributed by atoms with Crippen molar-refractivity contribution >= 4 is 5.78 Å². The minimum Gasteiger partial charge on any atom is -0.393 e. The standard InChI is InChI=1S/C19H30O3/c1-18-8-7-12(20)9-11(18)3-4-13-14-5-6-16(22)19(14,2)10-15(21)17(13)18/h11-15,17,20-21H,3-10H2,1-2H3/t11-,12+,13-,14?,15-,17?,18-,19-/m0/s1. The summed E-state index contributed by atoms with van der Waals surface area (Å²) >= 11 is 0. The van der Waals surface area contributed by atoms with E-state index >= 15 is 0 Å². The third-order valence-corrected chi connectivity index (χ3v) is 8.28. The first-order valence-corrected chi connectivity index (χ1v) is 9.25. The van der Waals surface area contributed by atoms with Crippen LogP contribution in [0.5, 0.6) is 0 Å². The van der Waals surface area contributed by atoms with Gasteiger partial charge in [-0.2, -0.15) is 0 Å². The first-order valence-electron chi connectivity index (χ1n) is 9.25. The van der Waals surface area contributed by atoms with Crippen LogP contribution in [-0.4, -0.2) is 28.2 Å². The topological polar surface area (TPSA) is 57.5 Å². The summed E-state index contributed by atoms with van der Waals surface area (Å²) in [6.45, 7) is 4.48. The molecule has 8 atom stereocenters. The lowest BCUT2D eigenvalue weighted by atomic mass is 9.44. The Balaban J connectivity index is 1.69. The van der Waals surface area contributed by atoms with Gasteiger partial charge in [0, 0.05) is 11.8 Å². The molecule has 0 amide bonds. The number of hydrogen-bond donors (Lipinski definition) is 2. The smallest absolute Gasteiger partial charge is 0.139 e. The minimum absolute atomic E-state index is 0.145. The fraction of sp³-hybridized carbons (Fsp3) is 0.947. The Morgan fingerprint density at radius 2 is 1.86 bits per heavy atom. The van der Waals surface area contributed by atoms with Crippen LogP contribution in [0.25, 0.3) is 0 Å². The number of aliphatic hydroxyl groups is 2. The highest BCUT2D eigenvalue weighted by Gasteiger charge is 2.63. The summed E-state index contributed by atoms with van der Waals surface area (Å²) in [5, 5.41) is 21.0. The summed E-state index contributed by atoms with van der Waals surface area (Å²) in [6.07, 6.45) is 7.08. The summed E-state index contributed by atoms with van der Waals surface area (Å²) < 4.78 is 0. The molecule has 0 aliphatic heterocycles. The molecule has 124 valence electrons. The van der Waals surface area contributed by atoms with E-state index in [1.807, 2.05) is 0 Å². The van der Waals surface area contributed by atoms with E-state index in [0.717, 1.165) is 38.5 Å². The fourth-order valence-corrected chi connectivity index (χ4v) is 7.13. The molecule has 4 saturated carbocycles. The Labute approximate surface area is 133 Å². The highest BCUT2D eigenvalue weighted by atomic mass is 16.3. The highest BCUT2D eigenvalue weighted by molar-refractivity contribution is 5.87. The maximum Gasteiger partial charge on any atom is 0.139 e. The van der Waals surface area contributed by atoms with Crippen LogP contribution in [0.15, 0.2) is 0 Å². The normalized spacial score (nSPS) is 57.9. The summed E-state index contributed by atoms with van der Waals surface area (Å²) in [5.74, 6) is 2.27. The van der Waals surface area contributed by atoms with Crippen molar-refractivity contribution in [2.75, 3.05) is 0 Å². The molecule has 4 aliphatic carbocycles. The number of hydrogen-bond acceptors (Lipinski definition) is 3. The predicted molar refractivity (Wildman–Crippen MR) is 84.1 cm³/mol. The summed E-state index contributed by atoms with van der Waals surface area (Å²) in [5.41, 5.74) is -0.105. The van der Waals surface area contributed by atoms with Gasteiger partial charge in [0.2, 0.25) is 0 Å². The molecule has 0 aromatic rings. The molecule has 4 rings (SSSR count). The van der Waals surface area contributed by atoms with E-state index in [9.17, 15) is 15.0 Å². The second-order valence-corrected chi connectivity index (χ2v) is 9.16. The molecule has 0 bridgehead atoms. The van der Waals surface area contributed by atoms with E-state index in [-0.39, 0.29) is 23.0 Å². The van der Waals surface area contributed by atoms with Crippen LogP contribution in [0.2, 0.25) is 0 Å². The molecule has 3 nitrogen and oxygen atoms in total. The maximum absolute atomic E-state index is 12.4. The quantitative estimate of drug-likeness (QED) is 0.723. The van der Waals surface area contributed by atoms with Crippen LogP contribution in [0.4, 0.5) is 0 Å². The lowest BCUT2D eigenvalue weighted by Crippen LogP contribution is -2.59. The number of aliphatic hydroxyl groups excluding tert-OH is 2. The molecular weight excluding hydrogens is 276 g/mol. The van der Waals surface area contributed by atoms with Crippen LogP contribution in [0.3, 0.4) is 0 Å². The molecule has 0 aromatic carbocycles. The zero-order valence-electron chi connectivity index (χ0n) is 13.9. The van der Waals surface area contributed by atoms with Crippen molar-refractivity contribution < 1.29 is 15.0 Å². The van der Waals surface area contributed by atoms with Gasteiger partial charge in [-0.25, -0.2) is 0 Å². The zero-order chi connectivity index (χ0) is 15.7. The largest absolute Gasteiger partial charge is 0.393 e. The molecule has 3 heteroatoms. The Bertz CT molecular complexity index is 489. The van der Waals surface area contributed by atoms with Gasteiger partial charge in [-0.1, -0.05) is 13.8 Å². The number of Topliss-reactive ketones (excluding diaryl/α,β-unsaturated/α-hetero) is 1. The molecule has 2 unspecified atom stereocenters. The van der Waals surface area contributed by atoms with Crippen molar-refractivity contribution in [3.8, 4) is 0 Å². The molecule has 4 fully saturated rings. The van der Waals surface area contributed by atoms with Crippen molar-refractivity contribution in [1.29, 1.82) is 0 Å². The monoisotopic (exact) mass is 306 g/mol. The van der Waals surface area contributed by atoms with Gasteiger partial charge in [-0.3, -0.25) is 4.79 Å². The van der Waals surface area contributed by atoms with Gasteiger partial charge in [-0.05, 0) is 74.0 Å². The van der Waals surface area contributed by atoms with Crippen molar-refractivity contribution in [3.05, 3.63) is 0 Å². The van der Waals surface area contributed by atoms with Gasteiger partial charge in [0.25, 0.3) is 0 Å². The summed E-state index contributed by atoms with van der Waals surface area (Å²) in [7, 11) is 0. The third kappa shape index (κ3) is 1.84. The minimum atomic E-state index is -0.337. The van der Waals surface area contributed by atoms with E-state index < -0.39 is 0 Å². The lowest BCUT2D eigenvalue weighted by Gasteiger charge is -2.61. The maximum atomic E-state index is 12.4. The van der Waals surface area contributed by atoms with E-state index in [1.54, 1.807) is 0 Å². The number of fused-ring (bicyclic) bond motifs is 5. The molecule has 2 N–H and O–H groups in total. The van der Waals surface area contributed by atoms with Gasteiger partial charge in [0.1, 0.15) is 5.78 Å². The van der Waals surface area contributed by atoms with E-state index in [0.29, 0.717) is 35.9 Å². The second kappa shape index (κ2) is 4.80. The molecule has 0 saturated heterocycles. The van der Waals surface area contributed by atoms with Gasteiger partial charge in [0.05, 0.1) is 12.2 Å². The van der Waals surface area contributed by atoms with Crippen LogP contribution in [0, 0.1) is 34.5 Å². The average molecular weight is 306 g/mol. The first-order chi connectivity index (χ1) is 10.4. The molecule has 0 radical (unpaired) electrons. The lowest BCUT2D eigenvalue weighted by molar-refractivity contribution is -0.175. The molecular formula is C19H30O3. The molecule has 22 heavy (non-hydrogen) atoms. The van der Waals surface area contributed by atoms with Gasteiger partial charge in [0.15, 0.2) is 0 Å². The van der Waals surface area contributed by atoms with Crippen molar-refractivity contribution in [1.82, 2.24) is 0 Å². The average Bonchev–Trinajstić information content (AvgIpc) is 2.75. The predicted octanol–water partition coefficient (Wildman–Crippen LogP) is 2.93. The van der Waals surface area contributed by atoms with E-state index in [4.69, 9.17) is 0 Å². The van der Waals surface area contributed by atoms with Crippen molar-refractivity contribution in [2.45, 2.75) is 77.4 Å². The first kappa shape index (κ1) is 15.1. The number of carbonyl (C=O) groups is 1. The van der Waals surface area contributed by atoms with Crippen LogP contribution in [-0.2, 0) is 4.79 Å². The molecule has 0 heterocycles. The summed E-state index contributed by atoms with van der Waals surface area (Å²) in [6, 6.07) is 0. The Kier molecular flexibility index (Phi) is 3.30. The van der Waals surface area contributed by atoms with Crippen molar-refractivity contribution in [2.24, 2.45) is 34.5 Å². The molecule has 0 spiro atoms. The number of rotatable bonds is 0. The third-order valence-electron chi connectivity index (χ3n) is 8.28. The SMILES string of the molecule is C[C@]12C[C@H](O)C3[C@@H](CC[C@H]4C[C@H](O)CC[C@]34C)C1CCC2=O. The zero-order valence-corrected chi connectivity index (χ0v) is 13.9. The summed E-state index contributed by atoms with van der Waals surface area (Å²) in [4.78, 5) is 12.4. The Morgan fingerprint density at radius 3 is 2.64 bits per heavy atom. The highest BCUT2D eigenvalue weighted by Crippen LogP contribution is 2.65. The van der Waals surface area contributed by atoms with Crippen molar-refractivity contribution in [3.63, 3.8) is 0 Å². The molecule has 0 aromatic heterocycles. The van der Waals surface area contributed by atoms with Gasteiger partial charge >= 0.3 is 0 Å². The van der Waals surface area contributed by atoms with Crippen LogP contribution < -0.4 is 0 Å². The second-order valence-electron chi connectivity index (χ2n) is 9.16.